The molecule has 2 aromatic rings. The fourth-order valence-corrected chi connectivity index (χ4v) is 3.51. The second-order valence-corrected chi connectivity index (χ2v) is 6.48. The minimum Gasteiger partial charge on any atom is -0.370 e. The molecule has 0 aromatic carbocycles. The second-order valence-electron chi connectivity index (χ2n) is 6.48. The first-order valence-electron chi connectivity index (χ1n) is 8.53. The van der Waals surface area contributed by atoms with Gasteiger partial charge >= 0.3 is 0 Å². The highest BCUT2D eigenvalue weighted by Crippen LogP contribution is 2.27. The van der Waals surface area contributed by atoms with Crippen LogP contribution in [0.15, 0.2) is 22.9 Å². The fourth-order valence-electron chi connectivity index (χ4n) is 3.51. The molecule has 6 nitrogen and oxygen atoms in total. The molecule has 4 rings (SSSR count). The number of amides is 1. The predicted octanol–water partition coefficient (Wildman–Crippen LogP) is 2.47. The minimum absolute atomic E-state index is 0.0408. The molecule has 0 radical (unpaired) electrons. The number of ether oxygens (including phenoxy) is 1. The zero-order valence-corrected chi connectivity index (χ0v) is 13.8. The Labute approximate surface area is 140 Å². The van der Waals surface area contributed by atoms with Gasteiger partial charge in [0.25, 0.3) is 5.91 Å². The van der Waals surface area contributed by atoms with Gasteiger partial charge in [0, 0.05) is 30.4 Å². The molecular weight excluding hydrogens is 306 g/mol. The number of aromatic nitrogens is 2. The lowest BCUT2D eigenvalue weighted by atomic mass is 9.96. The van der Waals surface area contributed by atoms with Crippen molar-refractivity contribution in [2.45, 2.75) is 38.7 Å². The van der Waals surface area contributed by atoms with E-state index in [0.29, 0.717) is 25.4 Å². The number of fused-ring (bicyclic) bond motifs is 1. The third-order valence-electron chi connectivity index (χ3n) is 4.80. The van der Waals surface area contributed by atoms with E-state index in [-0.39, 0.29) is 12.0 Å². The molecule has 1 fully saturated rings. The number of hydrogen-bond donors (Lipinski definition) is 0. The molecule has 1 atom stereocenters. The third kappa shape index (κ3) is 2.82. The van der Waals surface area contributed by atoms with Gasteiger partial charge < -0.3 is 14.2 Å². The van der Waals surface area contributed by atoms with Crippen LogP contribution in [0.2, 0.25) is 0 Å². The molecule has 6 heteroatoms. The van der Waals surface area contributed by atoms with Crippen molar-refractivity contribution in [2.24, 2.45) is 0 Å². The van der Waals surface area contributed by atoms with Gasteiger partial charge in [-0.05, 0) is 43.9 Å². The third-order valence-corrected chi connectivity index (χ3v) is 4.80. The van der Waals surface area contributed by atoms with Gasteiger partial charge in [0.1, 0.15) is 11.9 Å². The quantitative estimate of drug-likeness (QED) is 0.847. The highest BCUT2D eigenvalue weighted by molar-refractivity contribution is 5.94. The molecular formula is C18H21N3O3. The Bertz CT molecular complexity index is 756. The van der Waals surface area contributed by atoms with Gasteiger partial charge in [-0.25, -0.2) is 0 Å². The molecule has 2 aromatic heterocycles. The van der Waals surface area contributed by atoms with Crippen molar-refractivity contribution in [3.8, 4) is 0 Å². The molecule has 0 bridgehead atoms. The Balaban J connectivity index is 1.54. The van der Waals surface area contributed by atoms with Gasteiger partial charge in [0.2, 0.25) is 0 Å². The van der Waals surface area contributed by atoms with E-state index in [2.05, 4.69) is 10.1 Å². The van der Waals surface area contributed by atoms with E-state index in [1.165, 1.54) is 0 Å². The van der Waals surface area contributed by atoms with Crippen LogP contribution >= 0.6 is 0 Å². The van der Waals surface area contributed by atoms with Crippen molar-refractivity contribution < 1.29 is 14.1 Å². The average molecular weight is 327 g/mol. The first-order chi connectivity index (χ1) is 11.7. The van der Waals surface area contributed by atoms with Gasteiger partial charge in [-0.2, -0.15) is 0 Å². The number of aryl methyl sites for hydroxylation is 2. The van der Waals surface area contributed by atoms with Crippen molar-refractivity contribution in [3.63, 3.8) is 0 Å². The van der Waals surface area contributed by atoms with Crippen LogP contribution in [0.3, 0.4) is 0 Å². The van der Waals surface area contributed by atoms with Crippen molar-refractivity contribution >= 4 is 5.91 Å². The number of carbonyl (C=O) groups is 1. The van der Waals surface area contributed by atoms with Crippen LogP contribution in [0.4, 0.5) is 0 Å². The summed E-state index contributed by atoms with van der Waals surface area (Å²) in [6.45, 7) is 3.60. The minimum atomic E-state index is -0.118. The van der Waals surface area contributed by atoms with E-state index < -0.39 is 0 Å². The topological polar surface area (TPSA) is 68.5 Å². The standard InChI is InChI=1S/C18H21N3O3/c1-12-10-13(6-7-19-12)16-11-21(8-9-23-16)18(22)17-14-4-2-3-5-15(14)24-20-17/h6-7,10,16H,2-5,8-9,11H2,1H3/t16-/m0/s1. The van der Waals surface area contributed by atoms with Crippen LogP contribution < -0.4 is 0 Å². The maximum Gasteiger partial charge on any atom is 0.276 e. The van der Waals surface area contributed by atoms with Gasteiger partial charge in [-0.1, -0.05) is 5.16 Å². The smallest absolute Gasteiger partial charge is 0.276 e. The number of morpholine rings is 1. The van der Waals surface area contributed by atoms with E-state index in [9.17, 15) is 4.79 Å². The summed E-state index contributed by atoms with van der Waals surface area (Å²) in [5.74, 6) is 0.847. The SMILES string of the molecule is Cc1cc([C@@H]2CN(C(=O)c3noc4c3CCCC4)CCO2)ccn1. The molecule has 0 saturated carbocycles. The van der Waals surface area contributed by atoms with Crippen LogP contribution in [0.5, 0.6) is 0 Å². The Hall–Kier alpha value is -2.21. The highest BCUT2D eigenvalue weighted by Gasteiger charge is 2.31. The maximum absolute atomic E-state index is 12.9. The summed E-state index contributed by atoms with van der Waals surface area (Å²) in [4.78, 5) is 19.0. The molecule has 1 aliphatic carbocycles. The van der Waals surface area contributed by atoms with E-state index in [1.807, 2.05) is 24.0 Å². The summed E-state index contributed by atoms with van der Waals surface area (Å²) in [5, 5.41) is 4.07. The molecule has 1 saturated heterocycles. The van der Waals surface area contributed by atoms with Crippen molar-refractivity contribution in [1.82, 2.24) is 15.0 Å². The van der Waals surface area contributed by atoms with Crippen LogP contribution in [-0.2, 0) is 17.6 Å². The first-order valence-corrected chi connectivity index (χ1v) is 8.53. The Morgan fingerprint density at radius 3 is 3.08 bits per heavy atom. The van der Waals surface area contributed by atoms with Crippen LogP contribution in [0.1, 0.15) is 52.0 Å². The summed E-state index contributed by atoms with van der Waals surface area (Å²) in [6.07, 6.45) is 5.64. The van der Waals surface area contributed by atoms with Gasteiger partial charge in [0.05, 0.1) is 13.2 Å². The number of carbonyl (C=O) groups excluding carboxylic acids is 1. The second kappa shape index (κ2) is 6.36. The van der Waals surface area contributed by atoms with Crippen LogP contribution in [-0.4, -0.2) is 40.6 Å². The maximum atomic E-state index is 12.9. The summed E-state index contributed by atoms with van der Waals surface area (Å²) < 4.78 is 11.3. The largest absolute Gasteiger partial charge is 0.370 e. The molecule has 2 aliphatic rings. The molecule has 3 heterocycles. The fraction of sp³-hybridized carbons (Fsp3) is 0.500. The summed E-state index contributed by atoms with van der Waals surface area (Å²) in [5.41, 5.74) is 3.51. The lowest BCUT2D eigenvalue weighted by Gasteiger charge is -2.33. The number of hydrogen-bond acceptors (Lipinski definition) is 5. The van der Waals surface area contributed by atoms with Gasteiger partial charge in [-0.15, -0.1) is 0 Å². The summed E-state index contributed by atoms with van der Waals surface area (Å²) >= 11 is 0. The summed E-state index contributed by atoms with van der Waals surface area (Å²) in [6, 6.07) is 3.96. The molecule has 1 aliphatic heterocycles. The lowest BCUT2D eigenvalue weighted by Crippen LogP contribution is -2.42. The molecule has 126 valence electrons. The Morgan fingerprint density at radius 1 is 1.33 bits per heavy atom. The van der Waals surface area contributed by atoms with Crippen molar-refractivity contribution in [1.29, 1.82) is 0 Å². The Kier molecular flexibility index (Phi) is 4.06. The van der Waals surface area contributed by atoms with Crippen molar-refractivity contribution in [3.05, 3.63) is 46.6 Å². The molecule has 0 unspecified atom stereocenters. The molecule has 0 spiro atoms. The number of pyridine rings is 1. The summed E-state index contributed by atoms with van der Waals surface area (Å²) in [7, 11) is 0. The normalized spacial score (nSPS) is 20.7. The van der Waals surface area contributed by atoms with Crippen LogP contribution in [0.25, 0.3) is 0 Å². The molecule has 1 amide bonds. The monoisotopic (exact) mass is 327 g/mol. The van der Waals surface area contributed by atoms with Crippen molar-refractivity contribution in [2.75, 3.05) is 19.7 Å². The first kappa shape index (κ1) is 15.3. The zero-order chi connectivity index (χ0) is 16.5. The van der Waals surface area contributed by atoms with Gasteiger partial charge in [-0.3, -0.25) is 9.78 Å². The average Bonchev–Trinajstić information content (AvgIpc) is 3.05. The zero-order valence-electron chi connectivity index (χ0n) is 13.8. The Morgan fingerprint density at radius 2 is 2.21 bits per heavy atom. The number of rotatable bonds is 2. The van der Waals surface area contributed by atoms with E-state index in [0.717, 1.165) is 48.3 Å². The van der Waals surface area contributed by atoms with E-state index >= 15 is 0 Å². The predicted molar refractivity (Wildman–Crippen MR) is 86.7 cm³/mol. The van der Waals surface area contributed by atoms with E-state index in [1.54, 1.807) is 6.20 Å². The van der Waals surface area contributed by atoms with E-state index in [4.69, 9.17) is 9.26 Å². The number of nitrogens with zero attached hydrogens (tertiary/aromatic N) is 3. The molecule has 0 N–H and O–H groups in total. The van der Waals surface area contributed by atoms with Gasteiger partial charge in [0.15, 0.2) is 5.69 Å². The highest BCUT2D eigenvalue weighted by atomic mass is 16.5. The van der Waals surface area contributed by atoms with Crippen LogP contribution in [0, 0.1) is 6.92 Å². The lowest BCUT2D eigenvalue weighted by molar-refractivity contribution is -0.0232. The molecule has 24 heavy (non-hydrogen) atoms.